The molecule has 0 aromatic heterocycles. The van der Waals surface area contributed by atoms with Gasteiger partial charge >= 0.3 is 0 Å². The molecule has 0 unspecified atom stereocenters. The molecule has 0 aliphatic carbocycles. The van der Waals surface area contributed by atoms with Gasteiger partial charge in [0.25, 0.3) is 5.91 Å². The first-order chi connectivity index (χ1) is 9.51. The Bertz CT molecular complexity index is 728. The number of nitriles is 1. The van der Waals surface area contributed by atoms with E-state index in [4.69, 9.17) is 16.9 Å². The second-order valence-corrected chi connectivity index (χ2v) is 5.20. The van der Waals surface area contributed by atoms with Crippen LogP contribution in [0.2, 0.25) is 5.02 Å². The molecule has 1 amide bonds. The highest BCUT2D eigenvalue weighted by atomic mass is 79.9. The van der Waals surface area contributed by atoms with Crippen molar-refractivity contribution in [2.75, 3.05) is 5.32 Å². The van der Waals surface area contributed by atoms with Crippen LogP contribution in [0.25, 0.3) is 0 Å². The predicted octanol–water partition coefficient (Wildman–Crippen LogP) is 4.37. The zero-order valence-corrected chi connectivity index (χ0v) is 12.3. The molecular formula is C14H7BrClFN2O. The Kier molecular flexibility index (Phi) is 4.38. The van der Waals surface area contributed by atoms with Gasteiger partial charge < -0.3 is 5.32 Å². The fourth-order valence-electron chi connectivity index (χ4n) is 1.58. The average molecular weight is 354 g/mol. The number of carbonyl (C=O) groups excluding carboxylic acids is 1. The molecule has 0 bridgehead atoms. The van der Waals surface area contributed by atoms with E-state index in [9.17, 15) is 9.18 Å². The summed E-state index contributed by atoms with van der Waals surface area (Å²) in [4.78, 5) is 12.1. The lowest BCUT2D eigenvalue weighted by atomic mass is 10.1. The SMILES string of the molecule is N#Cc1cc(F)ccc1NC(=O)c1cc(Br)ccc1Cl. The molecule has 0 aliphatic rings. The van der Waals surface area contributed by atoms with E-state index in [1.54, 1.807) is 18.2 Å². The smallest absolute Gasteiger partial charge is 0.257 e. The van der Waals surface area contributed by atoms with Crippen LogP contribution < -0.4 is 5.32 Å². The second kappa shape index (κ2) is 6.04. The van der Waals surface area contributed by atoms with Gasteiger partial charge in [-0.1, -0.05) is 27.5 Å². The summed E-state index contributed by atoms with van der Waals surface area (Å²) >= 11 is 9.20. The van der Waals surface area contributed by atoms with Crippen molar-refractivity contribution < 1.29 is 9.18 Å². The van der Waals surface area contributed by atoms with E-state index in [0.717, 1.165) is 6.07 Å². The molecule has 0 saturated carbocycles. The average Bonchev–Trinajstić information content (AvgIpc) is 2.43. The zero-order valence-electron chi connectivity index (χ0n) is 9.95. The van der Waals surface area contributed by atoms with Gasteiger partial charge in [0.15, 0.2) is 0 Å². The summed E-state index contributed by atoms with van der Waals surface area (Å²) < 4.78 is 13.7. The Morgan fingerprint density at radius 2 is 2.05 bits per heavy atom. The molecule has 6 heteroatoms. The van der Waals surface area contributed by atoms with Crippen molar-refractivity contribution in [2.24, 2.45) is 0 Å². The lowest BCUT2D eigenvalue weighted by Gasteiger charge is -2.08. The zero-order chi connectivity index (χ0) is 14.7. The normalized spacial score (nSPS) is 9.90. The van der Waals surface area contributed by atoms with Crippen molar-refractivity contribution in [2.45, 2.75) is 0 Å². The fourth-order valence-corrected chi connectivity index (χ4v) is 2.14. The minimum absolute atomic E-state index is 0.0458. The number of nitrogens with one attached hydrogen (secondary N) is 1. The number of hydrogen-bond acceptors (Lipinski definition) is 2. The minimum Gasteiger partial charge on any atom is -0.321 e. The van der Waals surface area contributed by atoms with Crippen molar-refractivity contribution in [3.8, 4) is 6.07 Å². The minimum atomic E-state index is -0.542. The highest BCUT2D eigenvalue weighted by Crippen LogP contribution is 2.23. The number of amides is 1. The monoisotopic (exact) mass is 352 g/mol. The predicted molar refractivity (Wildman–Crippen MR) is 78.2 cm³/mol. The summed E-state index contributed by atoms with van der Waals surface area (Å²) in [6.07, 6.45) is 0. The van der Waals surface area contributed by atoms with Crippen molar-refractivity contribution in [1.82, 2.24) is 0 Å². The fraction of sp³-hybridized carbons (Fsp3) is 0. The number of rotatable bonds is 2. The molecule has 0 heterocycles. The van der Waals surface area contributed by atoms with Crippen molar-refractivity contribution in [3.63, 3.8) is 0 Å². The first-order valence-corrected chi connectivity index (χ1v) is 6.64. The van der Waals surface area contributed by atoms with E-state index < -0.39 is 11.7 Å². The van der Waals surface area contributed by atoms with Crippen LogP contribution in [0.5, 0.6) is 0 Å². The molecule has 2 aromatic carbocycles. The van der Waals surface area contributed by atoms with Gasteiger partial charge in [-0.25, -0.2) is 4.39 Å². The standard InChI is InChI=1S/C14H7BrClFN2O/c15-9-1-3-12(16)11(6-9)14(20)19-13-4-2-10(17)5-8(13)7-18/h1-6H,(H,19,20). The molecule has 0 radical (unpaired) electrons. The summed E-state index contributed by atoms with van der Waals surface area (Å²) in [5.74, 6) is -1.01. The van der Waals surface area contributed by atoms with E-state index in [1.165, 1.54) is 12.1 Å². The molecule has 0 atom stereocenters. The van der Waals surface area contributed by atoms with Gasteiger partial charge in [-0.3, -0.25) is 4.79 Å². The molecule has 0 fully saturated rings. The van der Waals surface area contributed by atoms with E-state index >= 15 is 0 Å². The van der Waals surface area contributed by atoms with Crippen LogP contribution in [0.3, 0.4) is 0 Å². The van der Waals surface area contributed by atoms with Crippen molar-refractivity contribution in [3.05, 3.63) is 62.8 Å². The Hall–Kier alpha value is -1.90. The molecule has 2 aromatic rings. The Morgan fingerprint density at radius 3 is 2.75 bits per heavy atom. The highest BCUT2D eigenvalue weighted by Gasteiger charge is 2.13. The largest absolute Gasteiger partial charge is 0.321 e. The van der Waals surface area contributed by atoms with Crippen LogP contribution in [0.15, 0.2) is 40.9 Å². The maximum absolute atomic E-state index is 13.0. The van der Waals surface area contributed by atoms with Gasteiger partial charge in [0.2, 0.25) is 0 Å². The molecule has 2 rings (SSSR count). The van der Waals surface area contributed by atoms with E-state index in [1.807, 2.05) is 6.07 Å². The van der Waals surface area contributed by atoms with Crippen molar-refractivity contribution >= 4 is 39.1 Å². The lowest BCUT2D eigenvalue weighted by molar-refractivity contribution is 0.102. The molecule has 100 valence electrons. The van der Waals surface area contributed by atoms with Gasteiger partial charge in [-0.2, -0.15) is 5.26 Å². The van der Waals surface area contributed by atoms with Crippen molar-refractivity contribution in [1.29, 1.82) is 5.26 Å². The Labute approximate surface area is 128 Å². The summed E-state index contributed by atoms with van der Waals surface area (Å²) in [7, 11) is 0. The number of anilines is 1. The maximum Gasteiger partial charge on any atom is 0.257 e. The van der Waals surface area contributed by atoms with Crippen LogP contribution in [0.1, 0.15) is 15.9 Å². The summed E-state index contributed by atoms with van der Waals surface area (Å²) in [6, 6.07) is 10.2. The highest BCUT2D eigenvalue weighted by molar-refractivity contribution is 9.10. The molecule has 1 N–H and O–H groups in total. The van der Waals surface area contributed by atoms with Crippen LogP contribution in [0.4, 0.5) is 10.1 Å². The van der Waals surface area contributed by atoms with Gasteiger partial charge in [-0.15, -0.1) is 0 Å². The molecule has 0 aliphatic heterocycles. The van der Waals surface area contributed by atoms with Crippen LogP contribution in [0, 0.1) is 17.1 Å². The van der Waals surface area contributed by atoms with E-state index in [-0.39, 0.29) is 21.8 Å². The topological polar surface area (TPSA) is 52.9 Å². The molecule has 0 spiro atoms. The molecule has 0 saturated heterocycles. The molecular weight excluding hydrogens is 347 g/mol. The van der Waals surface area contributed by atoms with Gasteiger partial charge in [0, 0.05) is 4.47 Å². The third-order valence-corrected chi connectivity index (χ3v) is 3.35. The third kappa shape index (κ3) is 3.16. The number of carbonyl (C=O) groups is 1. The van der Waals surface area contributed by atoms with E-state index in [2.05, 4.69) is 21.2 Å². The number of benzene rings is 2. The van der Waals surface area contributed by atoms with Gasteiger partial charge in [0.05, 0.1) is 21.8 Å². The second-order valence-electron chi connectivity index (χ2n) is 3.88. The first-order valence-electron chi connectivity index (χ1n) is 5.47. The van der Waals surface area contributed by atoms with Gasteiger partial charge in [-0.05, 0) is 36.4 Å². The lowest BCUT2D eigenvalue weighted by Crippen LogP contribution is -2.13. The molecule has 20 heavy (non-hydrogen) atoms. The third-order valence-electron chi connectivity index (χ3n) is 2.52. The van der Waals surface area contributed by atoms with Crippen LogP contribution in [-0.2, 0) is 0 Å². The van der Waals surface area contributed by atoms with Gasteiger partial charge in [0.1, 0.15) is 11.9 Å². The number of nitrogens with zero attached hydrogens (tertiary/aromatic N) is 1. The molecule has 3 nitrogen and oxygen atoms in total. The first kappa shape index (κ1) is 14.5. The summed E-state index contributed by atoms with van der Waals surface area (Å²) in [6.45, 7) is 0. The van der Waals surface area contributed by atoms with E-state index in [0.29, 0.717) is 4.47 Å². The van der Waals surface area contributed by atoms with Crippen LogP contribution in [-0.4, -0.2) is 5.91 Å². The summed E-state index contributed by atoms with van der Waals surface area (Å²) in [5, 5.41) is 11.7. The van der Waals surface area contributed by atoms with Crippen LogP contribution >= 0.6 is 27.5 Å². The number of halogens is 3. The quantitative estimate of drug-likeness (QED) is 0.872. The maximum atomic E-state index is 13.0. The Balaban J connectivity index is 2.33. The summed E-state index contributed by atoms with van der Waals surface area (Å²) in [5.41, 5.74) is 0.536. The Morgan fingerprint density at radius 1 is 1.30 bits per heavy atom. The number of hydrogen-bond donors (Lipinski definition) is 1.